The monoisotopic (exact) mass is 259 g/mol. The van der Waals surface area contributed by atoms with Crippen LogP contribution in [0.25, 0.3) is 10.9 Å². The maximum absolute atomic E-state index is 9.09. The van der Waals surface area contributed by atoms with Crippen molar-refractivity contribution in [2.75, 3.05) is 5.32 Å². The van der Waals surface area contributed by atoms with E-state index in [1.165, 1.54) is 0 Å². The molecule has 0 bridgehead atoms. The predicted octanol–water partition coefficient (Wildman–Crippen LogP) is 2.78. The molecule has 0 saturated carbocycles. The van der Waals surface area contributed by atoms with Crippen molar-refractivity contribution in [3.63, 3.8) is 0 Å². The van der Waals surface area contributed by atoms with E-state index in [1.807, 2.05) is 37.3 Å². The molecule has 2 aromatic rings. The third-order valence-electron chi connectivity index (χ3n) is 2.82. The highest BCUT2D eigenvalue weighted by Crippen LogP contribution is 2.26. The second-order valence-corrected chi connectivity index (χ2v) is 4.04. The summed E-state index contributed by atoms with van der Waals surface area (Å²) < 4.78 is 0. The minimum atomic E-state index is -0.250. The van der Waals surface area contributed by atoms with Gasteiger partial charge in [-0.15, -0.1) is 0 Å². The third-order valence-corrected chi connectivity index (χ3v) is 2.82. The number of fused-ring (bicyclic) bond motifs is 1. The van der Waals surface area contributed by atoms with Gasteiger partial charge in [0.25, 0.3) is 0 Å². The van der Waals surface area contributed by atoms with Crippen molar-refractivity contribution in [2.45, 2.75) is 6.92 Å². The number of hydrogen-bond acceptors (Lipinski definition) is 5. The van der Waals surface area contributed by atoms with Gasteiger partial charge in [-0.25, -0.2) is 0 Å². The lowest BCUT2D eigenvalue weighted by atomic mass is 10.1. The Labute approximate surface area is 116 Å². The van der Waals surface area contributed by atoms with E-state index in [9.17, 15) is 0 Å². The number of nitrogens with zero attached hydrogens (tertiary/aromatic N) is 4. The van der Waals surface area contributed by atoms with Gasteiger partial charge in [0.05, 0.1) is 11.2 Å². The van der Waals surface area contributed by atoms with Crippen LogP contribution >= 0.6 is 0 Å². The molecule has 0 fully saturated rings. The Morgan fingerprint density at radius 2 is 1.85 bits per heavy atom. The van der Waals surface area contributed by atoms with Gasteiger partial charge in [-0.2, -0.15) is 15.8 Å². The van der Waals surface area contributed by atoms with Crippen molar-refractivity contribution >= 4 is 16.6 Å². The standard InChI is InChI=1S/C15H9N5/c1-10-4-5-11-3-2-6-19-15(11)14(10)20-13(9-18)12(7-16)8-17/h2-6,20H,1H3. The number of aryl methyl sites for hydroxylation is 1. The fourth-order valence-electron chi connectivity index (χ4n) is 1.81. The van der Waals surface area contributed by atoms with Crippen LogP contribution in [0.4, 0.5) is 5.69 Å². The Bertz CT molecular complexity index is 812. The van der Waals surface area contributed by atoms with E-state index in [1.54, 1.807) is 18.3 Å². The van der Waals surface area contributed by atoms with E-state index >= 15 is 0 Å². The molecule has 0 aliphatic carbocycles. The first-order valence-corrected chi connectivity index (χ1v) is 5.77. The summed E-state index contributed by atoms with van der Waals surface area (Å²) in [6, 6.07) is 12.8. The molecule has 0 amide bonds. The number of nitriles is 3. The number of anilines is 1. The van der Waals surface area contributed by atoms with Crippen molar-refractivity contribution in [3.8, 4) is 18.2 Å². The Kier molecular flexibility index (Phi) is 3.61. The Morgan fingerprint density at radius 1 is 1.10 bits per heavy atom. The zero-order valence-electron chi connectivity index (χ0n) is 10.7. The number of benzene rings is 1. The molecule has 5 nitrogen and oxygen atoms in total. The number of aromatic nitrogens is 1. The Morgan fingerprint density at radius 3 is 2.50 bits per heavy atom. The molecule has 1 aromatic carbocycles. The zero-order valence-corrected chi connectivity index (χ0v) is 10.7. The van der Waals surface area contributed by atoms with Crippen LogP contribution in [0.5, 0.6) is 0 Å². The van der Waals surface area contributed by atoms with E-state index in [2.05, 4.69) is 10.3 Å². The molecule has 0 aliphatic rings. The van der Waals surface area contributed by atoms with Crippen molar-refractivity contribution < 1.29 is 0 Å². The smallest absolute Gasteiger partial charge is 0.163 e. The molecule has 1 heterocycles. The minimum Gasteiger partial charge on any atom is -0.343 e. The molecule has 0 aliphatic heterocycles. The fraction of sp³-hybridized carbons (Fsp3) is 0.0667. The summed E-state index contributed by atoms with van der Waals surface area (Å²) in [5.41, 5.74) is 1.87. The summed E-state index contributed by atoms with van der Waals surface area (Å²) in [5.74, 6) is 0. The maximum Gasteiger partial charge on any atom is 0.163 e. The highest BCUT2D eigenvalue weighted by molar-refractivity contribution is 5.93. The summed E-state index contributed by atoms with van der Waals surface area (Å²) in [6.07, 6.45) is 1.65. The second kappa shape index (κ2) is 5.52. The average molecular weight is 259 g/mol. The average Bonchev–Trinajstić information content (AvgIpc) is 2.49. The quantitative estimate of drug-likeness (QED) is 0.836. The lowest BCUT2D eigenvalue weighted by molar-refractivity contribution is 1.33. The molecule has 0 unspecified atom stereocenters. The number of rotatable bonds is 2. The molecule has 0 atom stereocenters. The molecular formula is C15H9N5. The number of nitrogens with one attached hydrogen (secondary N) is 1. The first kappa shape index (κ1) is 13.1. The van der Waals surface area contributed by atoms with Crippen molar-refractivity contribution in [1.29, 1.82) is 15.8 Å². The van der Waals surface area contributed by atoms with Gasteiger partial charge in [0, 0.05) is 11.6 Å². The highest BCUT2D eigenvalue weighted by Gasteiger charge is 2.11. The zero-order chi connectivity index (χ0) is 14.5. The molecule has 2 rings (SSSR count). The lowest BCUT2D eigenvalue weighted by Crippen LogP contribution is -2.03. The van der Waals surface area contributed by atoms with Crippen LogP contribution in [0.3, 0.4) is 0 Å². The van der Waals surface area contributed by atoms with Crippen LogP contribution in [0, 0.1) is 40.9 Å². The molecule has 1 aromatic heterocycles. The topological polar surface area (TPSA) is 96.3 Å². The summed E-state index contributed by atoms with van der Waals surface area (Å²) in [6.45, 7) is 1.86. The second-order valence-electron chi connectivity index (χ2n) is 4.04. The fourth-order valence-corrected chi connectivity index (χ4v) is 1.81. The van der Waals surface area contributed by atoms with E-state index in [0.717, 1.165) is 10.9 Å². The van der Waals surface area contributed by atoms with E-state index in [0.29, 0.717) is 11.2 Å². The lowest BCUT2D eigenvalue weighted by Gasteiger charge is -2.11. The molecule has 1 N–H and O–H groups in total. The van der Waals surface area contributed by atoms with Crippen LogP contribution in [-0.4, -0.2) is 4.98 Å². The molecule has 94 valence electrons. The molecule has 20 heavy (non-hydrogen) atoms. The van der Waals surface area contributed by atoms with Crippen LogP contribution in [0.2, 0.25) is 0 Å². The van der Waals surface area contributed by atoms with Crippen molar-refractivity contribution in [3.05, 3.63) is 47.3 Å². The number of allylic oxidation sites excluding steroid dienone is 2. The van der Waals surface area contributed by atoms with Crippen LogP contribution in [0.15, 0.2) is 41.7 Å². The van der Waals surface area contributed by atoms with Gasteiger partial charge in [0.1, 0.15) is 23.9 Å². The summed E-state index contributed by atoms with van der Waals surface area (Å²) in [5, 5.41) is 30.6. The molecule has 0 spiro atoms. The Hall–Kier alpha value is -3.36. The van der Waals surface area contributed by atoms with E-state index in [4.69, 9.17) is 15.8 Å². The van der Waals surface area contributed by atoms with Crippen LogP contribution in [0.1, 0.15) is 5.56 Å². The summed E-state index contributed by atoms with van der Waals surface area (Å²) in [7, 11) is 0. The first-order valence-electron chi connectivity index (χ1n) is 5.77. The molecule has 5 heteroatoms. The third kappa shape index (κ3) is 2.27. The van der Waals surface area contributed by atoms with E-state index < -0.39 is 0 Å². The minimum absolute atomic E-state index is 0.0729. The molecule has 0 saturated heterocycles. The van der Waals surface area contributed by atoms with Gasteiger partial charge in [0.15, 0.2) is 5.57 Å². The SMILES string of the molecule is Cc1ccc2cccnc2c1NC(C#N)=C(C#N)C#N. The van der Waals surface area contributed by atoms with Gasteiger partial charge in [-0.05, 0) is 18.6 Å². The van der Waals surface area contributed by atoms with Gasteiger partial charge in [-0.3, -0.25) is 4.98 Å². The highest BCUT2D eigenvalue weighted by atomic mass is 14.9. The number of hydrogen-bond donors (Lipinski definition) is 1. The first-order chi connectivity index (χ1) is 9.71. The Balaban J connectivity index is 2.64. The van der Waals surface area contributed by atoms with Crippen molar-refractivity contribution in [1.82, 2.24) is 4.98 Å². The van der Waals surface area contributed by atoms with Crippen LogP contribution < -0.4 is 5.32 Å². The largest absolute Gasteiger partial charge is 0.343 e. The summed E-state index contributed by atoms with van der Waals surface area (Å²) in [4.78, 5) is 4.28. The van der Waals surface area contributed by atoms with Gasteiger partial charge < -0.3 is 5.32 Å². The van der Waals surface area contributed by atoms with Crippen molar-refractivity contribution in [2.24, 2.45) is 0 Å². The maximum atomic E-state index is 9.09. The molecule has 0 radical (unpaired) electrons. The van der Waals surface area contributed by atoms with Gasteiger partial charge >= 0.3 is 0 Å². The van der Waals surface area contributed by atoms with Crippen LogP contribution in [-0.2, 0) is 0 Å². The van der Waals surface area contributed by atoms with Gasteiger partial charge in [-0.1, -0.05) is 18.2 Å². The van der Waals surface area contributed by atoms with E-state index in [-0.39, 0.29) is 11.3 Å². The predicted molar refractivity (Wildman–Crippen MR) is 74.0 cm³/mol. The number of pyridine rings is 1. The summed E-state index contributed by atoms with van der Waals surface area (Å²) >= 11 is 0. The normalized spacial score (nSPS) is 9.10. The van der Waals surface area contributed by atoms with Gasteiger partial charge in [0.2, 0.25) is 0 Å². The molecular weight excluding hydrogens is 250 g/mol.